The lowest BCUT2D eigenvalue weighted by Crippen LogP contribution is -2.34. The summed E-state index contributed by atoms with van der Waals surface area (Å²) in [7, 11) is 0. The van der Waals surface area contributed by atoms with E-state index in [1.807, 2.05) is 0 Å². The zero-order chi connectivity index (χ0) is 9.07. The Morgan fingerprint density at radius 1 is 1.64 bits per heavy atom. The van der Waals surface area contributed by atoms with E-state index in [0.29, 0.717) is 0 Å². The van der Waals surface area contributed by atoms with Crippen LogP contribution in [0.5, 0.6) is 0 Å². The molecule has 0 amide bonds. The fourth-order valence-corrected chi connectivity index (χ4v) is 0.545. The molecule has 0 aromatic heterocycles. The number of ether oxygens (including phenoxy) is 1. The maximum atomic E-state index is 11.6. The molecular formula is C4H4ClF3O3. The second kappa shape index (κ2) is 3.66. The Labute approximate surface area is 64.7 Å². The van der Waals surface area contributed by atoms with Crippen molar-refractivity contribution in [3.63, 3.8) is 0 Å². The highest BCUT2D eigenvalue weighted by molar-refractivity contribution is 6.18. The van der Waals surface area contributed by atoms with Gasteiger partial charge in [-0.3, -0.25) is 0 Å². The van der Waals surface area contributed by atoms with Gasteiger partial charge in [0.05, 0.1) is 5.88 Å². The van der Waals surface area contributed by atoms with Gasteiger partial charge in [-0.25, -0.2) is 4.79 Å². The molecule has 0 aromatic carbocycles. The van der Waals surface area contributed by atoms with Gasteiger partial charge in [-0.1, -0.05) is 0 Å². The van der Waals surface area contributed by atoms with Crippen molar-refractivity contribution in [2.45, 2.75) is 12.3 Å². The largest absolute Gasteiger partial charge is 0.506 e. The molecule has 66 valence electrons. The summed E-state index contributed by atoms with van der Waals surface area (Å²) >= 11 is 4.79. The van der Waals surface area contributed by atoms with E-state index in [9.17, 15) is 18.0 Å². The van der Waals surface area contributed by atoms with Crippen molar-refractivity contribution in [1.29, 1.82) is 0 Å². The Morgan fingerprint density at radius 3 is 2.18 bits per heavy atom. The van der Waals surface area contributed by atoms with Gasteiger partial charge in [0, 0.05) is 0 Å². The standard InChI is InChI=1S/C4H4ClF3O3/c5-1-2(4(6,7)8)11-3(9)10/h2H,1H2,(H,9,10). The summed E-state index contributed by atoms with van der Waals surface area (Å²) in [4.78, 5) is 9.63. The van der Waals surface area contributed by atoms with Crippen molar-refractivity contribution in [1.82, 2.24) is 0 Å². The van der Waals surface area contributed by atoms with E-state index in [0.717, 1.165) is 0 Å². The fourth-order valence-electron chi connectivity index (χ4n) is 0.307. The molecule has 0 spiro atoms. The first-order chi connectivity index (χ1) is 4.88. The normalized spacial score (nSPS) is 14.2. The van der Waals surface area contributed by atoms with Crippen molar-refractivity contribution >= 4 is 17.8 Å². The molecule has 3 nitrogen and oxygen atoms in total. The SMILES string of the molecule is O=C(O)OC(CCl)C(F)(F)F. The highest BCUT2D eigenvalue weighted by Gasteiger charge is 2.42. The highest BCUT2D eigenvalue weighted by atomic mass is 35.5. The predicted molar refractivity (Wildman–Crippen MR) is 29.7 cm³/mol. The molecule has 0 fully saturated rings. The Hall–Kier alpha value is -0.650. The number of hydrogen-bond acceptors (Lipinski definition) is 2. The number of rotatable bonds is 2. The molecule has 1 atom stereocenters. The Morgan fingerprint density at radius 2 is 2.09 bits per heavy atom. The van der Waals surface area contributed by atoms with Gasteiger partial charge in [-0.15, -0.1) is 11.6 Å². The maximum Gasteiger partial charge on any atom is 0.506 e. The number of carbonyl (C=O) groups is 1. The summed E-state index contributed by atoms with van der Waals surface area (Å²) in [5, 5.41) is 7.80. The third-order valence-electron chi connectivity index (χ3n) is 0.748. The van der Waals surface area contributed by atoms with E-state index in [1.54, 1.807) is 0 Å². The molecule has 0 radical (unpaired) electrons. The van der Waals surface area contributed by atoms with Gasteiger partial charge < -0.3 is 9.84 Å². The van der Waals surface area contributed by atoms with Gasteiger partial charge in [0.25, 0.3) is 0 Å². The van der Waals surface area contributed by atoms with Crippen LogP contribution in [-0.4, -0.2) is 29.4 Å². The number of alkyl halides is 4. The smallest absolute Gasteiger partial charge is 0.450 e. The van der Waals surface area contributed by atoms with Crippen LogP contribution in [0.4, 0.5) is 18.0 Å². The van der Waals surface area contributed by atoms with Gasteiger partial charge in [0.2, 0.25) is 6.10 Å². The van der Waals surface area contributed by atoms with E-state index in [-0.39, 0.29) is 0 Å². The lowest BCUT2D eigenvalue weighted by molar-refractivity contribution is -0.200. The molecule has 7 heteroatoms. The molecule has 11 heavy (non-hydrogen) atoms. The summed E-state index contributed by atoms with van der Waals surface area (Å²) in [6.45, 7) is 0. The molecule has 1 unspecified atom stereocenters. The number of carboxylic acid groups (broad SMARTS) is 1. The van der Waals surface area contributed by atoms with Crippen LogP contribution < -0.4 is 0 Å². The monoisotopic (exact) mass is 192 g/mol. The molecule has 0 saturated heterocycles. The van der Waals surface area contributed by atoms with Gasteiger partial charge >= 0.3 is 12.3 Å². The molecular weight excluding hydrogens is 188 g/mol. The average Bonchev–Trinajstić information content (AvgIpc) is 1.79. The predicted octanol–water partition coefficient (Wildman–Crippen LogP) is 1.85. The van der Waals surface area contributed by atoms with Crippen molar-refractivity contribution in [2.24, 2.45) is 0 Å². The van der Waals surface area contributed by atoms with Gasteiger partial charge in [-0.2, -0.15) is 13.2 Å². The zero-order valence-electron chi connectivity index (χ0n) is 5.06. The van der Waals surface area contributed by atoms with Crippen LogP contribution in [-0.2, 0) is 4.74 Å². The van der Waals surface area contributed by atoms with E-state index in [1.165, 1.54) is 0 Å². The molecule has 0 heterocycles. The van der Waals surface area contributed by atoms with E-state index in [2.05, 4.69) is 4.74 Å². The van der Waals surface area contributed by atoms with Crippen LogP contribution in [0.3, 0.4) is 0 Å². The quantitative estimate of drug-likeness (QED) is 0.537. The molecule has 1 N–H and O–H groups in total. The minimum atomic E-state index is -4.74. The zero-order valence-corrected chi connectivity index (χ0v) is 5.82. The van der Waals surface area contributed by atoms with Crippen LogP contribution in [0.2, 0.25) is 0 Å². The molecule has 0 rings (SSSR count). The van der Waals surface area contributed by atoms with Crippen molar-refractivity contribution in [3.05, 3.63) is 0 Å². The fraction of sp³-hybridized carbons (Fsp3) is 0.750. The van der Waals surface area contributed by atoms with Crippen LogP contribution in [0, 0.1) is 0 Å². The van der Waals surface area contributed by atoms with Crippen molar-refractivity contribution in [3.8, 4) is 0 Å². The lowest BCUT2D eigenvalue weighted by atomic mass is 10.4. The summed E-state index contributed by atoms with van der Waals surface area (Å²) in [6, 6.07) is 0. The Balaban J connectivity index is 4.07. The maximum absolute atomic E-state index is 11.6. The number of halogens is 4. The van der Waals surface area contributed by atoms with Crippen LogP contribution in [0.15, 0.2) is 0 Å². The van der Waals surface area contributed by atoms with Crippen LogP contribution in [0.25, 0.3) is 0 Å². The highest BCUT2D eigenvalue weighted by Crippen LogP contribution is 2.23. The van der Waals surface area contributed by atoms with Crippen LogP contribution in [0.1, 0.15) is 0 Å². The lowest BCUT2D eigenvalue weighted by Gasteiger charge is -2.15. The molecule has 0 bridgehead atoms. The van der Waals surface area contributed by atoms with E-state index < -0.39 is 24.3 Å². The summed E-state index contributed by atoms with van der Waals surface area (Å²) in [5.74, 6) is -0.935. The Kier molecular flexibility index (Phi) is 3.44. The van der Waals surface area contributed by atoms with Crippen molar-refractivity contribution < 1.29 is 27.8 Å². The van der Waals surface area contributed by atoms with Crippen LogP contribution >= 0.6 is 11.6 Å². The number of hydrogen-bond donors (Lipinski definition) is 1. The topological polar surface area (TPSA) is 46.5 Å². The van der Waals surface area contributed by atoms with Crippen molar-refractivity contribution in [2.75, 3.05) is 5.88 Å². The van der Waals surface area contributed by atoms with Gasteiger partial charge in [-0.05, 0) is 0 Å². The summed E-state index contributed by atoms with van der Waals surface area (Å²) in [5.41, 5.74) is 0. The molecule has 0 aromatic rings. The minimum Gasteiger partial charge on any atom is -0.450 e. The van der Waals surface area contributed by atoms with E-state index >= 15 is 0 Å². The third-order valence-corrected chi connectivity index (χ3v) is 1.03. The Bertz CT molecular complexity index is 146. The first-order valence-corrected chi connectivity index (χ1v) is 2.93. The average molecular weight is 193 g/mol. The summed E-state index contributed by atoms with van der Waals surface area (Å²) < 4.78 is 38.2. The molecule has 0 aliphatic carbocycles. The third kappa shape index (κ3) is 3.92. The molecule has 0 aliphatic rings. The first-order valence-electron chi connectivity index (χ1n) is 2.40. The molecule has 0 aliphatic heterocycles. The second-order valence-corrected chi connectivity index (χ2v) is 1.88. The first kappa shape index (κ1) is 10.3. The molecule has 0 saturated carbocycles. The van der Waals surface area contributed by atoms with Gasteiger partial charge in [0.1, 0.15) is 0 Å². The van der Waals surface area contributed by atoms with Gasteiger partial charge in [0.15, 0.2) is 0 Å². The second-order valence-electron chi connectivity index (χ2n) is 1.57. The van der Waals surface area contributed by atoms with E-state index in [4.69, 9.17) is 16.7 Å². The minimum absolute atomic E-state index is 0.935. The summed E-state index contributed by atoms with van der Waals surface area (Å²) in [6.07, 6.45) is -9.17.